The van der Waals surface area contributed by atoms with E-state index < -0.39 is 11.8 Å². The lowest BCUT2D eigenvalue weighted by Gasteiger charge is -2.15. The van der Waals surface area contributed by atoms with Gasteiger partial charge in [0, 0.05) is 21.8 Å². The molecule has 0 aliphatic carbocycles. The molecular weight excluding hydrogens is 590 g/mol. The molecule has 3 N–H and O–H groups in total. The average molecular weight is 626 g/mol. The molecule has 0 aromatic heterocycles. The Morgan fingerprint density at radius 1 is 0.756 bits per heavy atom. The van der Waals surface area contributed by atoms with Gasteiger partial charge in [0.05, 0.1) is 27.1 Å². The molecule has 0 saturated carbocycles. The number of anilines is 2. The molecule has 9 nitrogen and oxygen atoms in total. The van der Waals surface area contributed by atoms with Gasteiger partial charge in [-0.1, -0.05) is 42.5 Å². The van der Waals surface area contributed by atoms with Crippen molar-refractivity contribution in [3.05, 3.63) is 113 Å². The fourth-order valence-corrected chi connectivity index (χ4v) is 5.25. The molecule has 0 heterocycles. The van der Waals surface area contributed by atoms with Crippen LogP contribution in [0.4, 0.5) is 11.4 Å². The zero-order valence-corrected chi connectivity index (χ0v) is 26.5. The number of ether oxygens (including phenoxy) is 3. The number of para-hydroxylation sites is 1. The van der Waals surface area contributed by atoms with Crippen molar-refractivity contribution >= 4 is 46.9 Å². The molecule has 0 aliphatic rings. The van der Waals surface area contributed by atoms with E-state index in [1.807, 2.05) is 38.1 Å². The molecular formula is C35H35N3O6S. The first-order valence-electron chi connectivity index (χ1n) is 14.0. The fourth-order valence-electron chi connectivity index (χ4n) is 4.49. The average Bonchev–Trinajstić information content (AvgIpc) is 3.05. The van der Waals surface area contributed by atoms with Crippen molar-refractivity contribution in [2.24, 2.45) is 0 Å². The van der Waals surface area contributed by atoms with Gasteiger partial charge in [0.15, 0.2) is 11.5 Å². The van der Waals surface area contributed by atoms with Gasteiger partial charge in [0.25, 0.3) is 11.8 Å². The van der Waals surface area contributed by atoms with E-state index in [1.54, 1.807) is 60.7 Å². The zero-order valence-electron chi connectivity index (χ0n) is 25.7. The highest BCUT2D eigenvalue weighted by atomic mass is 32.2. The van der Waals surface area contributed by atoms with Gasteiger partial charge in [-0.2, -0.15) is 0 Å². The van der Waals surface area contributed by atoms with Gasteiger partial charge < -0.3 is 30.2 Å². The topological polar surface area (TPSA) is 115 Å². The van der Waals surface area contributed by atoms with Gasteiger partial charge in [0.2, 0.25) is 11.7 Å². The molecule has 0 saturated heterocycles. The minimum atomic E-state index is -0.553. The van der Waals surface area contributed by atoms with E-state index in [1.165, 1.54) is 39.2 Å². The lowest BCUT2D eigenvalue weighted by molar-refractivity contribution is -0.114. The van der Waals surface area contributed by atoms with Gasteiger partial charge >= 0.3 is 0 Å². The maximum atomic E-state index is 13.6. The summed E-state index contributed by atoms with van der Waals surface area (Å²) in [5.41, 5.74) is 4.20. The summed E-state index contributed by atoms with van der Waals surface area (Å²) in [6.45, 7) is 3.91. The minimum Gasteiger partial charge on any atom is -0.493 e. The van der Waals surface area contributed by atoms with Crippen LogP contribution in [0.1, 0.15) is 27.0 Å². The Morgan fingerprint density at radius 3 is 2.02 bits per heavy atom. The van der Waals surface area contributed by atoms with E-state index in [9.17, 15) is 14.4 Å². The first kappa shape index (κ1) is 32.7. The van der Waals surface area contributed by atoms with Crippen molar-refractivity contribution in [2.45, 2.75) is 18.7 Å². The minimum absolute atomic E-state index is 0.0100. The summed E-state index contributed by atoms with van der Waals surface area (Å²) in [5, 5.41) is 8.58. The van der Waals surface area contributed by atoms with Crippen molar-refractivity contribution in [1.29, 1.82) is 0 Å². The van der Waals surface area contributed by atoms with Crippen LogP contribution < -0.4 is 30.2 Å². The summed E-state index contributed by atoms with van der Waals surface area (Å²) in [6.07, 6.45) is 1.52. The number of aryl methyl sites for hydroxylation is 2. The summed E-state index contributed by atoms with van der Waals surface area (Å²) < 4.78 is 16.3. The van der Waals surface area contributed by atoms with Gasteiger partial charge in [-0.3, -0.25) is 14.4 Å². The molecule has 0 unspecified atom stereocenters. The van der Waals surface area contributed by atoms with Crippen molar-refractivity contribution < 1.29 is 28.6 Å². The third kappa shape index (κ3) is 8.67. The summed E-state index contributed by atoms with van der Waals surface area (Å²) in [7, 11) is 4.49. The van der Waals surface area contributed by atoms with Crippen molar-refractivity contribution in [3.63, 3.8) is 0 Å². The van der Waals surface area contributed by atoms with Gasteiger partial charge in [-0.25, -0.2) is 0 Å². The fraction of sp³-hybridized carbons (Fsp3) is 0.171. The number of nitrogens with one attached hydrogen (secondary N) is 3. The summed E-state index contributed by atoms with van der Waals surface area (Å²) >= 11 is 1.34. The number of benzene rings is 4. The molecule has 3 amide bonds. The monoisotopic (exact) mass is 625 g/mol. The van der Waals surface area contributed by atoms with Crippen LogP contribution in [0.3, 0.4) is 0 Å². The van der Waals surface area contributed by atoms with E-state index in [2.05, 4.69) is 16.0 Å². The van der Waals surface area contributed by atoms with Crippen molar-refractivity contribution in [2.75, 3.05) is 37.7 Å². The molecule has 4 aromatic rings. The van der Waals surface area contributed by atoms with E-state index >= 15 is 0 Å². The predicted octanol–water partition coefficient (Wildman–Crippen LogP) is 6.47. The molecule has 0 aliphatic heterocycles. The lowest BCUT2D eigenvalue weighted by atomic mass is 10.1. The van der Waals surface area contributed by atoms with Crippen LogP contribution in [0.25, 0.3) is 6.08 Å². The summed E-state index contributed by atoms with van der Waals surface area (Å²) in [4.78, 5) is 40.2. The Kier molecular flexibility index (Phi) is 11.3. The second-order valence-electron chi connectivity index (χ2n) is 9.92. The highest BCUT2D eigenvalue weighted by Gasteiger charge is 2.18. The molecule has 4 rings (SSSR count). The van der Waals surface area contributed by atoms with Crippen LogP contribution in [-0.2, 0) is 9.59 Å². The van der Waals surface area contributed by atoms with E-state index in [-0.39, 0.29) is 17.4 Å². The number of thioether (sulfide) groups is 1. The Labute approximate surface area is 267 Å². The number of carbonyl (C=O) groups excluding carboxylic acids is 3. The van der Waals surface area contributed by atoms with Gasteiger partial charge in [-0.15, -0.1) is 11.8 Å². The predicted molar refractivity (Wildman–Crippen MR) is 178 cm³/mol. The van der Waals surface area contributed by atoms with Crippen LogP contribution >= 0.6 is 11.8 Å². The van der Waals surface area contributed by atoms with Gasteiger partial charge in [0.1, 0.15) is 5.70 Å². The van der Waals surface area contributed by atoms with Crippen LogP contribution in [0.2, 0.25) is 0 Å². The van der Waals surface area contributed by atoms with E-state index in [4.69, 9.17) is 14.2 Å². The number of amides is 3. The van der Waals surface area contributed by atoms with Gasteiger partial charge in [-0.05, 0) is 79.1 Å². The Morgan fingerprint density at radius 2 is 1.40 bits per heavy atom. The highest BCUT2D eigenvalue weighted by molar-refractivity contribution is 8.00. The molecule has 0 atom stereocenters. The smallest absolute Gasteiger partial charge is 0.272 e. The first-order chi connectivity index (χ1) is 21.7. The van der Waals surface area contributed by atoms with Crippen molar-refractivity contribution in [1.82, 2.24) is 5.32 Å². The number of hydrogen-bond donors (Lipinski definition) is 3. The summed E-state index contributed by atoms with van der Waals surface area (Å²) in [6, 6.07) is 24.9. The number of rotatable bonds is 12. The Bertz CT molecular complexity index is 1680. The number of hydrogen-bond acceptors (Lipinski definition) is 7. The van der Waals surface area contributed by atoms with E-state index in [0.29, 0.717) is 34.1 Å². The van der Waals surface area contributed by atoms with Crippen LogP contribution in [0, 0.1) is 13.8 Å². The molecule has 10 heteroatoms. The van der Waals surface area contributed by atoms with E-state index in [0.717, 1.165) is 21.7 Å². The third-order valence-corrected chi connectivity index (χ3v) is 7.73. The summed E-state index contributed by atoms with van der Waals surface area (Å²) in [5.74, 6) is 0.225. The van der Waals surface area contributed by atoms with Crippen LogP contribution in [0.5, 0.6) is 17.2 Å². The maximum Gasteiger partial charge on any atom is 0.272 e. The largest absolute Gasteiger partial charge is 0.493 e. The second kappa shape index (κ2) is 15.5. The number of methoxy groups -OCH3 is 3. The zero-order chi connectivity index (χ0) is 32.3. The second-order valence-corrected chi connectivity index (χ2v) is 11.0. The maximum absolute atomic E-state index is 13.6. The quantitative estimate of drug-likeness (QED) is 0.122. The van der Waals surface area contributed by atoms with Crippen LogP contribution in [-0.4, -0.2) is 44.8 Å². The molecule has 0 spiro atoms. The number of carbonyl (C=O) groups is 3. The molecule has 4 aromatic carbocycles. The molecule has 45 heavy (non-hydrogen) atoms. The molecule has 0 bridgehead atoms. The van der Waals surface area contributed by atoms with Crippen molar-refractivity contribution in [3.8, 4) is 17.2 Å². The highest BCUT2D eigenvalue weighted by Crippen LogP contribution is 2.38. The SMILES string of the molecule is COc1cc(/C=C(/NC(=O)c2ccccc2)C(=O)Nc2cccc(SCC(=O)Nc3c(C)cccc3C)c2)cc(OC)c1OC. The Balaban J connectivity index is 1.55. The Hall–Kier alpha value is -5.22. The molecule has 232 valence electrons. The molecule has 0 fully saturated rings. The first-order valence-corrected chi connectivity index (χ1v) is 15.0. The normalized spacial score (nSPS) is 10.9. The standard InChI is InChI=1S/C35H35N3O6S/c1-22-11-9-12-23(2)32(22)38-31(39)21-45-27-16-10-15-26(20-27)36-35(41)28(37-34(40)25-13-7-6-8-14-25)17-24-18-29(42-3)33(44-5)30(19-24)43-4/h6-20H,21H2,1-5H3,(H,36,41)(H,37,40)(H,38,39)/b28-17+. The van der Waals surface area contributed by atoms with Crippen LogP contribution in [0.15, 0.2) is 95.5 Å². The lowest BCUT2D eigenvalue weighted by Crippen LogP contribution is -2.30. The molecule has 0 radical (unpaired) electrons. The third-order valence-electron chi connectivity index (χ3n) is 6.73.